The van der Waals surface area contributed by atoms with Gasteiger partial charge in [-0.2, -0.15) is 0 Å². The molecule has 23 heavy (non-hydrogen) atoms. The maximum absolute atomic E-state index is 13.0. The average molecular weight is 312 g/mol. The Labute approximate surface area is 136 Å². The first kappa shape index (κ1) is 15.7. The summed E-state index contributed by atoms with van der Waals surface area (Å²) in [6, 6.07) is 16.4. The van der Waals surface area contributed by atoms with Crippen molar-refractivity contribution < 1.29 is 9.18 Å². The number of likely N-dealkylation sites (N-methyl/N-ethyl adjacent to an activating group) is 1. The van der Waals surface area contributed by atoms with Crippen molar-refractivity contribution >= 4 is 5.91 Å². The molecule has 0 aromatic heterocycles. The third-order valence-electron chi connectivity index (χ3n) is 4.36. The molecule has 4 heteroatoms. The number of rotatable bonds is 3. The van der Waals surface area contributed by atoms with E-state index in [0.29, 0.717) is 6.42 Å². The summed E-state index contributed by atoms with van der Waals surface area (Å²) < 4.78 is 13.0. The maximum atomic E-state index is 13.0. The van der Waals surface area contributed by atoms with Gasteiger partial charge in [-0.15, -0.1) is 0 Å². The van der Waals surface area contributed by atoms with E-state index >= 15 is 0 Å². The lowest BCUT2D eigenvalue weighted by Crippen LogP contribution is -2.49. The molecule has 2 aromatic carbocycles. The largest absolute Gasteiger partial charge is 0.333 e. The molecule has 1 saturated heterocycles. The van der Waals surface area contributed by atoms with Crippen LogP contribution in [0.15, 0.2) is 54.6 Å². The van der Waals surface area contributed by atoms with Gasteiger partial charge in [0, 0.05) is 19.6 Å². The molecule has 1 amide bonds. The van der Waals surface area contributed by atoms with Crippen LogP contribution in [0.3, 0.4) is 0 Å². The quantitative estimate of drug-likeness (QED) is 0.870. The Balaban J connectivity index is 1.78. The van der Waals surface area contributed by atoms with Crippen LogP contribution >= 0.6 is 0 Å². The standard InChI is InChI=1S/C19H21FN2O/c1-21-11-12-22(18(14-21)16-5-3-2-4-6-16)19(23)13-15-7-9-17(20)10-8-15/h2-10,18H,11-14H2,1H3. The van der Waals surface area contributed by atoms with E-state index in [1.807, 2.05) is 23.1 Å². The highest BCUT2D eigenvalue weighted by molar-refractivity contribution is 5.79. The van der Waals surface area contributed by atoms with Gasteiger partial charge in [-0.25, -0.2) is 4.39 Å². The highest BCUT2D eigenvalue weighted by Crippen LogP contribution is 2.25. The predicted octanol–water partition coefficient (Wildman–Crippen LogP) is 2.88. The smallest absolute Gasteiger partial charge is 0.227 e. The Morgan fingerprint density at radius 1 is 1.09 bits per heavy atom. The van der Waals surface area contributed by atoms with Crippen molar-refractivity contribution in [3.05, 3.63) is 71.5 Å². The summed E-state index contributed by atoms with van der Waals surface area (Å²) in [5, 5.41) is 0. The predicted molar refractivity (Wildman–Crippen MR) is 88.5 cm³/mol. The zero-order valence-corrected chi connectivity index (χ0v) is 13.3. The van der Waals surface area contributed by atoms with Crippen molar-refractivity contribution in [2.24, 2.45) is 0 Å². The fourth-order valence-corrected chi connectivity index (χ4v) is 3.06. The van der Waals surface area contributed by atoms with E-state index in [1.165, 1.54) is 12.1 Å². The van der Waals surface area contributed by atoms with Crippen LogP contribution in [-0.4, -0.2) is 42.4 Å². The van der Waals surface area contributed by atoms with Crippen molar-refractivity contribution in [2.45, 2.75) is 12.5 Å². The van der Waals surface area contributed by atoms with Crippen molar-refractivity contribution in [1.82, 2.24) is 9.80 Å². The Morgan fingerprint density at radius 3 is 2.48 bits per heavy atom. The topological polar surface area (TPSA) is 23.6 Å². The number of piperazine rings is 1. The van der Waals surface area contributed by atoms with Crippen molar-refractivity contribution in [1.29, 1.82) is 0 Å². The minimum Gasteiger partial charge on any atom is -0.333 e. The van der Waals surface area contributed by atoms with Gasteiger partial charge in [-0.05, 0) is 30.3 Å². The number of carbonyl (C=O) groups excluding carboxylic acids is 1. The molecule has 0 spiro atoms. The molecule has 0 N–H and O–H groups in total. The fraction of sp³-hybridized carbons (Fsp3) is 0.316. The highest BCUT2D eigenvalue weighted by Gasteiger charge is 2.29. The third kappa shape index (κ3) is 3.77. The Kier molecular flexibility index (Phi) is 4.72. The summed E-state index contributed by atoms with van der Waals surface area (Å²) in [7, 11) is 2.08. The van der Waals surface area contributed by atoms with E-state index in [-0.39, 0.29) is 17.8 Å². The molecule has 3 rings (SSSR count). The second-order valence-corrected chi connectivity index (χ2v) is 6.08. The zero-order chi connectivity index (χ0) is 16.2. The summed E-state index contributed by atoms with van der Waals surface area (Å²) in [6.07, 6.45) is 0.313. The van der Waals surface area contributed by atoms with Crippen LogP contribution in [0.4, 0.5) is 4.39 Å². The lowest BCUT2D eigenvalue weighted by Gasteiger charge is -2.40. The summed E-state index contributed by atoms with van der Waals surface area (Å²) >= 11 is 0. The van der Waals surface area contributed by atoms with Crippen LogP contribution in [-0.2, 0) is 11.2 Å². The molecule has 0 saturated carbocycles. The minimum absolute atomic E-state index is 0.0721. The molecule has 1 unspecified atom stereocenters. The van der Waals surface area contributed by atoms with Crippen LogP contribution in [0.2, 0.25) is 0 Å². The van der Waals surface area contributed by atoms with Gasteiger partial charge in [0.2, 0.25) is 5.91 Å². The molecule has 2 aromatic rings. The maximum Gasteiger partial charge on any atom is 0.227 e. The van der Waals surface area contributed by atoms with E-state index in [4.69, 9.17) is 0 Å². The molecule has 1 heterocycles. The number of amides is 1. The number of hydrogen-bond acceptors (Lipinski definition) is 2. The SMILES string of the molecule is CN1CCN(C(=O)Cc2ccc(F)cc2)C(c2ccccc2)C1. The second kappa shape index (κ2) is 6.92. The number of hydrogen-bond donors (Lipinski definition) is 0. The molecular formula is C19H21FN2O. The van der Waals surface area contributed by atoms with Crippen LogP contribution in [0.1, 0.15) is 17.2 Å². The Bertz CT molecular complexity index is 657. The van der Waals surface area contributed by atoms with Crippen molar-refractivity contribution in [2.75, 3.05) is 26.7 Å². The van der Waals surface area contributed by atoms with Gasteiger partial charge >= 0.3 is 0 Å². The van der Waals surface area contributed by atoms with Gasteiger partial charge in [0.15, 0.2) is 0 Å². The Morgan fingerprint density at radius 2 is 1.78 bits per heavy atom. The first-order valence-electron chi connectivity index (χ1n) is 7.91. The van der Waals surface area contributed by atoms with Crippen LogP contribution in [0.25, 0.3) is 0 Å². The van der Waals surface area contributed by atoms with Gasteiger partial charge in [0.25, 0.3) is 0 Å². The van der Waals surface area contributed by atoms with E-state index in [1.54, 1.807) is 12.1 Å². The van der Waals surface area contributed by atoms with Crippen LogP contribution in [0.5, 0.6) is 0 Å². The average Bonchev–Trinajstić information content (AvgIpc) is 2.57. The van der Waals surface area contributed by atoms with Crippen molar-refractivity contribution in [3.8, 4) is 0 Å². The molecule has 0 bridgehead atoms. The van der Waals surface area contributed by atoms with E-state index < -0.39 is 0 Å². The van der Waals surface area contributed by atoms with Crippen molar-refractivity contribution in [3.63, 3.8) is 0 Å². The van der Waals surface area contributed by atoms with Gasteiger partial charge < -0.3 is 9.80 Å². The second-order valence-electron chi connectivity index (χ2n) is 6.08. The number of nitrogens with zero attached hydrogens (tertiary/aromatic N) is 2. The molecule has 120 valence electrons. The fourth-order valence-electron chi connectivity index (χ4n) is 3.06. The molecule has 3 nitrogen and oxygen atoms in total. The first-order chi connectivity index (χ1) is 11.1. The van der Waals surface area contributed by atoms with E-state index in [0.717, 1.165) is 30.8 Å². The third-order valence-corrected chi connectivity index (χ3v) is 4.36. The van der Waals surface area contributed by atoms with Crippen LogP contribution < -0.4 is 0 Å². The van der Waals surface area contributed by atoms with Gasteiger partial charge in [-0.3, -0.25) is 4.79 Å². The normalized spacial score (nSPS) is 18.9. The summed E-state index contributed by atoms with van der Waals surface area (Å²) in [5.74, 6) is -0.179. The summed E-state index contributed by atoms with van der Waals surface area (Å²) in [5.41, 5.74) is 2.01. The minimum atomic E-state index is -0.275. The van der Waals surface area contributed by atoms with Gasteiger partial charge in [0.05, 0.1) is 12.5 Å². The molecule has 1 fully saturated rings. The number of halogens is 1. The highest BCUT2D eigenvalue weighted by atomic mass is 19.1. The van der Waals surface area contributed by atoms with E-state index in [2.05, 4.69) is 24.1 Å². The number of benzene rings is 2. The molecular weight excluding hydrogens is 291 g/mol. The zero-order valence-electron chi connectivity index (χ0n) is 13.3. The first-order valence-corrected chi connectivity index (χ1v) is 7.91. The summed E-state index contributed by atoms with van der Waals surface area (Å²) in [6.45, 7) is 2.42. The lowest BCUT2D eigenvalue weighted by atomic mass is 10.0. The summed E-state index contributed by atoms with van der Waals surface area (Å²) in [4.78, 5) is 17.0. The molecule has 1 aliphatic heterocycles. The van der Waals surface area contributed by atoms with Crippen LogP contribution in [0, 0.1) is 5.82 Å². The molecule has 0 aliphatic carbocycles. The monoisotopic (exact) mass is 312 g/mol. The molecule has 1 aliphatic rings. The Hall–Kier alpha value is -2.20. The van der Waals surface area contributed by atoms with Gasteiger partial charge in [0.1, 0.15) is 5.82 Å². The van der Waals surface area contributed by atoms with E-state index in [9.17, 15) is 9.18 Å². The molecule has 1 atom stereocenters. The number of carbonyl (C=O) groups is 1. The van der Waals surface area contributed by atoms with Gasteiger partial charge in [-0.1, -0.05) is 42.5 Å². The molecule has 0 radical (unpaired) electrons. The lowest BCUT2D eigenvalue weighted by molar-refractivity contribution is -0.135.